The molecule has 1 rings (SSSR count). The molecule has 0 heterocycles. The van der Waals surface area contributed by atoms with Gasteiger partial charge in [-0.2, -0.15) is 0 Å². The summed E-state index contributed by atoms with van der Waals surface area (Å²) in [6, 6.07) is 5.53. The van der Waals surface area contributed by atoms with E-state index >= 15 is 0 Å². The quantitative estimate of drug-likeness (QED) is 0.311. The average Bonchev–Trinajstić information content (AvgIpc) is 2.65. The van der Waals surface area contributed by atoms with Crippen LogP contribution in [0.15, 0.2) is 47.4 Å². The summed E-state index contributed by atoms with van der Waals surface area (Å²) in [4.78, 5) is 11.9. The summed E-state index contributed by atoms with van der Waals surface area (Å²) in [5, 5.41) is 0. The van der Waals surface area contributed by atoms with Crippen molar-refractivity contribution in [3.8, 4) is 11.5 Å². The highest BCUT2D eigenvalue weighted by atomic mass is 16.5. The summed E-state index contributed by atoms with van der Waals surface area (Å²) in [6.45, 7) is 1.75. The molecular weight excluding hydrogens is 324 g/mol. The van der Waals surface area contributed by atoms with E-state index in [0.29, 0.717) is 22.8 Å². The molecule has 0 bridgehead atoms. The molecule has 0 saturated heterocycles. The van der Waals surface area contributed by atoms with Gasteiger partial charge in [-0.25, -0.2) is 4.79 Å². The molecule has 1 aromatic carbocycles. The average molecular weight is 348 g/mol. The highest BCUT2D eigenvalue weighted by Gasteiger charge is 2.16. The lowest BCUT2D eigenvalue weighted by atomic mass is 10.1. The van der Waals surface area contributed by atoms with Crippen molar-refractivity contribution in [2.24, 2.45) is 0 Å². The van der Waals surface area contributed by atoms with Crippen LogP contribution in [-0.2, 0) is 19.0 Å². The Labute approximate surface area is 148 Å². The SMILES string of the molecule is CO\C=C(C(=O)OC)/C(C)=C(/C=C/c1ccc(OC)c(OC)c1)OC. The van der Waals surface area contributed by atoms with Crippen molar-refractivity contribution in [2.45, 2.75) is 6.92 Å². The fourth-order valence-electron chi connectivity index (χ4n) is 2.12. The third-order valence-corrected chi connectivity index (χ3v) is 3.47. The second-order valence-electron chi connectivity index (χ2n) is 4.90. The van der Waals surface area contributed by atoms with Crippen LogP contribution in [0.5, 0.6) is 11.5 Å². The maximum Gasteiger partial charge on any atom is 0.341 e. The first kappa shape index (κ1) is 20.2. The van der Waals surface area contributed by atoms with Gasteiger partial charge in [0.05, 0.1) is 41.8 Å². The van der Waals surface area contributed by atoms with Gasteiger partial charge in [0.25, 0.3) is 0 Å². The lowest BCUT2D eigenvalue weighted by molar-refractivity contribution is -0.136. The Balaban J connectivity index is 3.21. The van der Waals surface area contributed by atoms with Gasteiger partial charge in [-0.3, -0.25) is 0 Å². The Morgan fingerprint density at radius 2 is 1.64 bits per heavy atom. The van der Waals surface area contributed by atoms with Crippen molar-refractivity contribution in [3.05, 3.63) is 53.0 Å². The van der Waals surface area contributed by atoms with Gasteiger partial charge in [-0.1, -0.05) is 12.1 Å². The minimum absolute atomic E-state index is 0.277. The summed E-state index contributed by atoms with van der Waals surface area (Å²) in [6.07, 6.45) is 4.92. The van der Waals surface area contributed by atoms with Gasteiger partial charge in [-0.15, -0.1) is 0 Å². The third-order valence-electron chi connectivity index (χ3n) is 3.47. The summed E-state index contributed by atoms with van der Waals surface area (Å²) < 4.78 is 25.6. The van der Waals surface area contributed by atoms with Gasteiger partial charge < -0.3 is 23.7 Å². The third kappa shape index (κ3) is 5.31. The summed E-state index contributed by atoms with van der Waals surface area (Å²) in [5.41, 5.74) is 1.75. The number of hydrogen-bond donors (Lipinski definition) is 0. The summed E-state index contributed by atoms with van der Waals surface area (Å²) in [7, 11) is 7.46. The topological polar surface area (TPSA) is 63.2 Å². The monoisotopic (exact) mass is 348 g/mol. The maximum absolute atomic E-state index is 11.9. The number of carbonyl (C=O) groups excluding carboxylic acids is 1. The number of allylic oxidation sites excluding steroid dienone is 1. The van der Waals surface area contributed by atoms with E-state index in [0.717, 1.165) is 5.56 Å². The van der Waals surface area contributed by atoms with Crippen molar-refractivity contribution >= 4 is 12.0 Å². The van der Waals surface area contributed by atoms with Crippen molar-refractivity contribution in [3.63, 3.8) is 0 Å². The molecule has 0 aliphatic rings. The molecule has 0 aliphatic heterocycles. The Hall–Kier alpha value is -2.89. The molecule has 0 aromatic heterocycles. The first-order valence-corrected chi connectivity index (χ1v) is 7.48. The van der Waals surface area contributed by atoms with E-state index in [2.05, 4.69) is 0 Å². The predicted molar refractivity (Wildman–Crippen MR) is 95.4 cm³/mol. The molecule has 0 spiro atoms. The van der Waals surface area contributed by atoms with E-state index < -0.39 is 5.97 Å². The van der Waals surface area contributed by atoms with Crippen LogP contribution < -0.4 is 9.47 Å². The molecule has 1 aromatic rings. The molecule has 0 fully saturated rings. The maximum atomic E-state index is 11.9. The number of hydrogen-bond acceptors (Lipinski definition) is 6. The van der Waals surface area contributed by atoms with Gasteiger partial charge in [0.15, 0.2) is 11.5 Å². The number of methoxy groups -OCH3 is 5. The summed E-state index contributed by atoms with van der Waals surface area (Å²) >= 11 is 0. The molecule has 0 amide bonds. The number of esters is 1. The van der Waals surface area contributed by atoms with Crippen LogP contribution in [0.25, 0.3) is 6.08 Å². The van der Waals surface area contributed by atoms with Crippen LogP contribution in [-0.4, -0.2) is 41.5 Å². The van der Waals surface area contributed by atoms with Crippen LogP contribution in [0.4, 0.5) is 0 Å². The second-order valence-corrected chi connectivity index (χ2v) is 4.90. The van der Waals surface area contributed by atoms with Gasteiger partial charge in [0, 0.05) is 5.57 Å². The van der Waals surface area contributed by atoms with Gasteiger partial charge in [0.1, 0.15) is 11.3 Å². The molecule has 0 unspecified atom stereocenters. The molecule has 6 heteroatoms. The lowest BCUT2D eigenvalue weighted by Gasteiger charge is -2.10. The highest BCUT2D eigenvalue weighted by molar-refractivity contribution is 5.93. The van der Waals surface area contributed by atoms with E-state index in [1.165, 1.54) is 27.6 Å². The Bertz CT molecular complexity index is 685. The van der Waals surface area contributed by atoms with Gasteiger partial charge in [-0.05, 0) is 30.7 Å². The van der Waals surface area contributed by atoms with Crippen molar-refractivity contribution in [1.29, 1.82) is 0 Å². The molecule has 0 radical (unpaired) electrons. The molecule has 6 nitrogen and oxygen atoms in total. The number of rotatable bonds is 8. The van der Waals surface area contributed by atoms with E-state index in [4.69, 9.17) is 23.7 Å². The zero-order chi connectivity index (χ0) is 18.8. The van der Waals surface area contributed by atoms with E-state index in [1.54, 1.807) is 27.2 Å². The molecule has 136 valence electrons. The van der Waals surface area contributed by atoms with Crippen molar-refractivity contribution < 1.29 is 28.5 Å². The molecular formula is C19H24O6. The summed E-state index contributed by atoms with van der Waals surface area (Å²) in [5.74, 6) is 1.27. The zero-order valence-electron chi connectivity index (χ0n) is 15.4. The highest BCUT2D eigenvalue weighted by Crippen LogP contribution is 2.28. The Morgan fingerprint density at radius 1 is 0.960 bits per heavy atom. The fourth-order valence-corrected chi connectivity index (χ4v) is 2.12. The lowest BCUT2D eigenvalue weighted by Crippen LogP contribution is -2.08. The molecule has 0 saturated carbocycles. The smallest absolute Gasteiger partial charge is 0.341 e. The van der Waals surface area contributed by atoms with Crippen molar-refractivity contribution in [2.75, 3.05) is 35.5 Å². The van der Waals surface area contributed by atoms with E-state index in [9.17, 15) is 4.79 Å². The van der Waals surface area contributed by atoms with Crippen LogP contribution in [0, 0.1) is 0 Å². The van der Waals surface area contributed by atoms with Gasteiger partial charge >= 0.3 is 5.97 Å². The van der Waals surface area contributed by atoms with E-state index in [1.807, 2.05) is 24.3 Å². The first-order chi connectivity index (χ1) is 12.0. The van der Waals surface area contributed by atoms with Crippen LogP contribution in [0.2, 0.25) is 0 Å². The molecule has 0 N–H and O–H groups in total. The van der Waals surface area contributed by atoms with Crippen LogP contribution in [0.1, 0.15) is 12.5 Å². The largest absolute Gasteiger partial charge is 0.503 e. The number of carbonyl (C=O) groups is 1. The Kier molecular flexibility index (Phi) is 8.12. The standard InChI is InChI=1S/C19H24O6/c1-13(15(12-21-2)19(20)25-6)16(22-3)9-7-14-8-10-17(23-4)18(11-14)24-5/h7-12H,1-6H3/b9-7+,15-12+,16-13-. The first-order valence-electron chi connectivity index (χ1n) is 7.48. The number of benzene rings is 1. The molecule has 0 atom stereocenters. The minimum Gasteiger partial charge on any atom is -0.503 e. The van der Waals surface area contributed by atoms with Gasteiger partial charge in [0.2, 0.25) is 0 Å². The molecule has 25 heavy (non-hydrogen) atoms. The second kappa shape index (κ2) is 10.1. The minimum atomic E-state index is -0.506. The Morgan fingerprint density at radius 3 is 2.16 bits per heavy atom. The number of ether oxygens (including phenoxy) is 5. The molecule has 0 aliphatic carbocycles. The van der Waals surface area contributed by atoms with Crippen LogP contribution in [0.3, 0.4) is 0 Å². The fraction of sp³-hybridized carbons (Fsp3) is 0.316. The zero-order valence-corrected chi connectivity index (χ0v) is 15.4. The predicted octanol–water partition coefficient (Wildman–Crippen LogP) is 3.34. The van der Waals surface area contributed by atoms with Crippen LogP contribution >= 0.6 is 0 Å². The van der Waals surface area contributed by atoms with Crippen molar-refractivity contribution in [1.82, 2.24) is 0 Å². The van der Waals surface area contributed by atoms with E-state index in [-0.39, 0.29) is 5.57 Å². The normalized spacial score (nSPS) is 12.5.